The third-order valence-corrected chi connectivity index (χ3v) is 6.44. The van der Waals surface area contributed by atoms with Gasteiger partial charge in [0.25, 0.3) is 5.89 Å². The number of benzene rings is 2. The van der Waals surface area contributed by atoms with Gasteiger partial charge in [0.1, 0.15) is 11.6 Å². The number of methoxy groups -OCH3 is 1. The molecule has 36 heavy (non-hydrogen) atoms. The van der Waals surface area contributed by atoms with E-state index in [2.05, 4.69) is 24.6 Å². The standard InChI is InChI=1S/C26H27FN6O3/c1-18(19-3-7-21(27)8-4-19)33-17-28-13-22(33)14-31-11-12-32(25(34)16-31)15-24-29-26(36-30-24)20-5-9-23(35-2)10-6-20/h3-10,13,17-18H,11-12,14-16H2,1-2H3/t18-/m1/s1. The summed E-state index contributed by atoms with van der Waals surface area (Å²) in [7, 11) is 1.61. The molecule has 0 aliphatic carbocycles. The normalized spacial score (nSPS) is 15.3. The lowest BCUT2D eigenvalue weighted by molar-refractivity contribution is -0.137. The van der Waals surface area contributed by atoms with Gasteiger partial charge in [-0.15, -0.1) is 0 Å². The van der Waals surface area contributed by atoms with Gasteiger partial charge in [0, 0.05) is 31.4 Å². The molecule has 4 aromatic rings. The third-order valence-electron chi connectivity index (χ3n) is 6.44. The summed E-state index contributed by atoms with van der Waals surface area (Å²) in [6.45, 7) is 4.50. The minimum absolute atomic E-state index is 0.00164. The minimum atomic E-state index is -0.258. The number of carbonyl (C=O) groups is 1. The Morgan fingerprint density at radius 1 is 1.08 bits per heavy atom. The molecule has 0 bridgehead atoms. The number of amides is 1. The first-order valence-electron chi connectivity index (χ1n) is 11.7. The molecule has 186 valence electrons. The predicted molar refractivity (Wildman–Crippen MR) is 129 cm³/mol. The van der Waals surface area contributed by atoms with Crippen LogP contribution in [0.2, 0.25) is 0 Å². The Morgan fingerprint density at radius 2 is 1.86 bits per heavy atom. The Hall–Kier alpha value is -4.05. The van der Waals surface area contributed by atoms with Crippen LogP contribution >= 0.6 is 0 Å². The van der Waals surface area contributed by atoms with Gasteiger partial charge in [0.2, 0.25) is 5.91 Å². The molecule has 0 saturated carbocycles. The van der Waals surface area contributed by atoms with Crippen LogP contribution in [-0.2, 0) is 17.9 Å². The van der Waals surface area contributed by atoms with Crippen molar-refractivity contribution in [2.45, 2.75) is 26.1 Å². The Bertz CT molecular complexity index is 1320. The molecule has 3 heterocycles. The van der Waals surface area contributed by atoms with Crippen LogP contribution in [0.4, 0.5) is 4.39 Å². The zero-order valence-corrected chi connectivity index (χ0v) is 20.2. The molecule has 0 unspecified atom stereocenters. The number of halogens is 1. The Morgan fingerprint density at radius 3 is 2.58 bits per heavy atom. The average molecular weight is 491 g/mol. The van der Waals surface area contributed by atoms with Crippen LogP contribution in [0.15, 0.2) is 65.6 Å². The van der Waals surface area contributed by atoms with E-state index in [1.807, 2.05) is 37.4 Å². The molecule has 1 fully saturated rings. The van der Waals surface area contributed by atoms with E-state index in [9.17, 15) is 9.18 Å². The molecule has 0 N–H and O–H groups in total. The topological polar surface area (TPSA) is 89.5 Å². The molecule has 1 aliphatic rings. The molecule has 0 radical (unpaired) electrons. The fourth-order valence-electron chi connectivity index (χ4n) is 4.33. The molecule has 1 aliphatic heterocycles. The molecule has 2 aromatic carbocycles. The zero-order chi connectivity index (χ0) is 25.1. The maximum atomic E-state index is 13.3. The highest BCUT2D eigenvalue weighted by atomic mass is 19.1. The lowest BCUT2D eigenvalue weighted by atomic mass is 10.1. The minimum Gasteiger partial charge on any atom is -0.497 e. The molecule has 0 spiro atoms. The molecule has 1 amide bonds. The lowest BCUT2D eigenvalue weighted by Crippen LogP contribution is -2.49. The Labute approximate surface area is 208 Å². The smallest absolute Gasteiger partial charge is 0.257 e. The van der Waals surface area contributed by atoms with Crippen molar-refractivity contribution in [2.75, 3.05) is 26.7 Å². The van der Waals surface area contributed by atoms with Gasteiger partial charge in [-0.2, -0.15) is 4.98 Å². The van der Waals surface area contributed by atoms with E-state index in [0.717, 1.165) is 22.6 Å². The molecule has 2 aromatic heterocycles. The SMILES string of the molecule is COc1ccc(-c2nc(CN3CCN(Cc4cncn4[C@H](C)c4ccc(F)cc4)CC3=O)no2)cc1. The summed E-state index contributed by atoms with van der Waals surface area (Å²) in [5, 5.41) is 4.05. The van der Waals surface area contributed by atoms with Crippen LogP contribution < -0.4 is 4.74 Å². The van der Waals surface area contributed by atoms with Crippen LogP contribution in [0.25, 0.3) is 11.5 Å². The van der Waals surface area contributed by atoms with Crippen molar-refractivity contribution in [2.24, 2.45) is 0 Å². The summed E-state index contributed by atoms with van der Waals surface area (Å²) in [6.07, 6.45) is 3.59. The average Bonchev–Trinajstić information content (AvgIpc) is 3.55. The molecule has 10 heteroatoms. The first-order valence-corrected chi connectivity index (χ1v) is 11.7. The summed E-state index contributed by atoms with van der Waals surface area (Å²) in [6, 6.07) is 13.8. The number of hydrogen-bond acceptors (Lipinski definition) is 7. The van der Waals surface area contributed by atoms with E-state index in [-0.39, 0.29) is 17.8 Å². The van der Waals surface area contributed by atoms with Gasteiger partial charge in [-0.05, 0) is 48.9 Å². The van der Waals surface area contributed by atoms with Crippen LogP contribution in [0.3, 0.4) is 0 Å². The zero-order valence-electron chi connectivity index (χ0n) is 20.2. The summed E-state index contributed by atoms with van der Waals surface area (Å²) in [5.41, 5.74) is 2.78. The second kappa shape index (κ2) is 10.3. The van der Waals surface area contributed by atoms with E-state index in [1.165, 1.54) is 12.1 Å². The van der Waals surface area contributed by atoms with Crippen LogP contribution in [0, 0.1) is 5.82 Å². The number of imidazole rings is 1. The fraction of sp³-hybridized carbons (Fsp3) is 0.308. The van der Waals surface area contributed by atoms with Gasteiger partial charge < -0.3 is 18.7 Å². The highest BCUT2D eigenvalue weighted by molar-refractivity contribution is 5.79. The number of hydrogen-bond donors (Lipinski definition) is 0. The number of carbonyl (C=O) groups excluding carboxylic acids is 1. The summed E-state index contributed by atoms with van der Waals surface area (Å²) in [5.74, 6) is 1.37. The van der Waals surface area contributed by atoms with Gasteiger partial charge in [0.05, 0.1) is 38.3 Å². The number of aromatic nitrogens is 4. The first kappa shape index (κ1) is 23.7. The Balaban J connectivity index is 1.18. The maximum absolute atomic E-state index is 13.3. The van der Waals surface area contributed by atoms with Crippen molar-refractivity contribution in [1.29, 1.82) is 0 Å². The summed E-state index contributed by atoms with van der Waals surface area (Å²) < 4.78 is 25.9. The van der Waals surface area contributed by atoms with Gasteiger partial charge in [-0.1, -0.05) is 17.3 Å². The molecule has 9 nitrogen and oxygen atoms in total. The van der Waals surface area contributed by atoms with Gasteiger partial charge >= 0.3 is 0 Å². The van der Waals surface area contributed by atoms with E-state index in [4.69, 9.17) is 9.26 Å². The van der Waals surface area contributed by atoms with E-state index in [0.29, 0.717) is 44.4 Å². The number of piperazine rings is 1. The highest BCUT2D eigenvalue weighted by Crippen LogP contribution is 2.23. The van der Waals surface area contributed by atoms with E-state index in [1.54, 1.807) is 30.5 Å². The van der Waals surface area contributed by atoms with Gasteiger partial charge in [-0.3, -0.25) is 9.69 Å². The van der Waals surface area contributed by atoms with Crippen LogP contribution in [0.5, 0.6) is 5.75 Å². The predicted octanol–water partition coefficient (Wildman–Crippen LogP) is 3.53. The molecular weight excluding hydrogens is 463 g/mol. The summed E-state index contributed by atoms with van der Waals surface area (Å²) in [4.78, 5) is 25.5. The van der Waals surface area contributed by atoms with Crippen molar-refractivity contribution in [1.82, 2.24) is 29.5 Å². The molecule has 1 saturated heterocycles. The summed E-state index contributed by atoms with van der Waals surface area (Å²) >= 11 is 0. The van der Waals surface area contributed by atoms with Crippen molar-refractivity contribution in [3.05, 3.63) is 84.0 Å². The number of nitrogens with zero attached hydrogens (tertiary/aromatic N) is 6. The van der Waals surface area contributed by atoms with Crippen molar-refractivity contribution in [3.8, 4) is 17.2 Å². The lowest BCUT2D eigenvalue weighted by Gasteiger charge is -2.34. The molecule has 5 rings (SSSR count). The number of rotatable bonds is 8. The van der Waals surface area contributed by atoms with Gasteiger partial charge in [0.15, 0.2) is 5.82 Å². The molecule has 1 atom stereocenters. The van der Waals surface area contributed by atoms with E-state index >= 15 is 0 Å². The van der Waals surface area contributed by atoms with Crippen LogP contribution in [0.1, 0.15) is 30.0 Å². The monoisotopic (exact) mass is 490 g/mol. The first-order chi connectivity index (χ1) is 17.5. The maximum Gasteiger partial charge on any atom is 0.257 e. The quantitative estimate of drug-likeness (QED) is 0.373. The third kappa shape index (κ3) is 5.13. The van der Waals surface area contributed by atoms with Crippen molar-refractivity contribution >= 4 is 5.91 Å². The fourth-order valence-corrected chi connectivity index (χ4v) is 4.33. The van der Waals surface area contributed by atoms with Crippen molar-refractivity contribution in [3.63, 3.8) is 0 Å². The second-order valence-electron chi connectivity index (χ2n) is 8.79. The largest absolute Gasteiger partial charge is 0.497 e. The van der Waals surface area contributed by atoms with E-state index < -0.39 is 0 Å². The molecular formula is C26H27FN6O3. The Kier molecular flexibility index (Phi) is 6.77. The number of ether oxygens (including phenoxy) is 1. The van der Waals surface area contributed by atoms with Gasteiger partial charge in [-0.25, -0.2) is 9.37 Å². The van der Waals surface area contributed by atoms with Crippen LogP contribution in [-0.4, -0.2) is 62.1 Å². The second-order valence-corrected chi connectivity index (χ2v) is 8.79. The highest BCUT2D eigenvalue weighted by Gasteiger charge is 2.26. The van der Waals surface area contributed by atoms with Crippen molar-refractivity contribution < 1.29 is 18.4 Å².